The Kier molecular flexibility index (Phi) is 23.5. The van der Waals surface area contributed by atoms with Gasteiger partial charge in [-0.3, -0.25) is 4.79 Å². The highest BCUT2D eigenvalue weighted by molar-refractivity contribution is 5.69. The number of unbranched alkanes of at least 4 members (excludes halogenated alkanes) is 16. The van der Waals surface area contributed by atoms with E-state index in [0.29, 0.717) is 0 Å². The fraction of sp³-hybridized carbons (Fsp3) is 0.972. The molecular formula is C36H71NO2. The van der Waals surface area contributed by atoms with E-state index in [0.717, 1.165) is 37.0 Å². The van der Waals surface area contributed by atoms with Crippen LogP contribution in [0.4, 0.5) is 0 Å². The number of nitrogens with zero attached hydrogens (tertiary/aromatic N) is 1. The lowest BCUT2D eigenvalue weighted by atomic mass is 9.93. The molecule has 0 aromatic carbocycles. The molecule has 1 saturated carbocycles. The largest absolute Gasteiger partial charge is 0.481 e. The summed E-state index contributed by atoms with van der Waals surface area (Å²) in [5, 5.41) is 9.13. The molecule has 1 fully saturated rings. The van der Waals surface area contributed by atoms with Crippen LogP contribution in [0.1, 0.15) is 181 Å². The van der Waals surface area contributed by atoms with Gasteiger partial charge in [0.15, 0.2) is 0 Å². The summed E-state index contributed by atoms with van der Waals surface area (Å²) in [6.45, 7) is 5.58. The van der Waals surface area contributed by atoms with Gasteiger partial charge in [-0.2, -0.15) is 0 Å². The number of carboxylic acid groups (broad SMARTS) is 1. The van der Waals surface area contributed by atoms with Crippen LogP contribution in [-0.2, 0) is 4.79 Å². The van der Waals surface area contributed by atoms with Crippen molar-refractivity contribution in [2.24, 2.45) is 23.7 Å². The molecule has 1 N–H and O–H groups in total. The molecule has 1 rings (SSSR count). The monoisotopic (exact) mass is 550 g/mol. The quantitative estimate of drug-likeness (QED) is 0.0906. The van der Waals surface area contributed by atoms with Crippen LogP contribution >= 0.6 is 0 Å². The average Bonchev–Trinajstić information content (AvgIpc) is 3.65. The first-order valence-corrected chi connectivity index (χ1v) is 17.8. The zero-order chi connectivity index (χ0) is 28.6. The lowest BCUT2D eigenvalue weighted by Crippen LogP contribution is -2.21. The predicted octanol–water partition coefficient (Wildman–Crippen LogP) is 11.3. The van der Waals surface area contributed by atoms with Crippen LogP contribution in [0, 0.1) is 23.7 Å². The second-order valence-electron chi connectivity index (χ2n) is 13.6. The van der Waals surface area contributed by atoms with E-state index in [4.69, 9.17) is 5.11 Å². The Hall–Kier alpha value is -0.570. The van der Waals surface area contributed by atoms with Crippen molar-refractivity contribution in [2.75, 3.05) is 20.6 Å². The standard InChI is InChI=1S/C36H71NO2/c1-5-7-8-9-12-15-20-25-32(31-37(3)4)26-21-16-13-10-11-14-17-23-28-34-30-35(34)29-24-19-18-22-27-33(6-2)36(38)39/h32-35H,5-31H2,1-4H3,(H,38,39). The summed E-state index contributed by atoms with van der Waals surface area (Å²) in [5.74, 6) is 2.26. The van der Waals surface area contributed by atoms with Gasteiger partial charge in [-0.05, 0) is 64.0 Å². The van der Waals surface area contributed by atoms with E-state index in [9.17, 15) is 4.79 Å². The number of carboxylic acids is 1. The first kappa shape index (κ1) is 36.5. The molecule has 3 nitrogen and oxygen atoms in total. The Bertz CT molecular complexity index is 548. The van der Waals surface area contributed by atoms with E-state index in [1.165, 1.54) is 154 Å². The molecule has 0 heterocycles. The van der Waals surface area contributed by atoms with E-state index in [1.807, 2.05) is 6.92 Å². The lowest BCUT2D eigenvalue weighted by molar-refractivity contribution is -0.142. The van der Waals surface area contributed by atoms with Crippen molar-refractivity contribution in [3.8, 4) is 0 Å². The van der Waals surface area contributed by atoms with Gasteiger partial charge in [-0.15, -0.1) is 0 Å². The number of hydrogen-bond donors (Lipinski definition) is 1. The van der Waals surface area contributed by atoms with Crippen LogP contribution in [0.5, 0.6) is 0 Å². The Morgan fingerprint density at radius 2 is 1.05 bits per heavy atom. The molecule has 4 atom stereocenters. The van der Waals surface area contributed by atoms with Crippen LogP contribution in [0.15, 0.2) is 0 Å². The number of rotatable bonds is 30. The number of hydrogen-bond acceptors (Lipinski definition) is 2. The molecule has 0 radical (unpaired) electrons. The smallest absolute Gasteiger partial charge is 0.306 e. The number of aliphatic carboxylic acids is 1. The summed E-state index contributed by atoms with van der Waals surface area (Å²) in [5.41, 5.74) is 0. The maximum Gasteiger partial charge on any atom is 0.306 e. The molecule has 0 bridgehead atoms. The minimum Gasteiger partial charge on any atom is -0.481 e. The molecule has 39 heavy (non-hydrogen) atoms. The van der Waals surface area contributed by atoms with Gasteiger partial charge < -0.3 is 10.0 Å². The third kappa shape index (κ3) is 21.8. The minimum atomic E-state index is -0.605. The van der Waals surface area contributed by atoms with Crippen LogP contribution in [0.25, 0.3) is 0 Å². The molecule has 0 aliphatic heterocycles. The maximum absolute atomic E-state index is 11.1. The van der Waals surface area contributed by atoms with Gasteiger partial charge in [0.05, 0.1) is 5.92 Å². The highest BCUT2D eigenvalue weighted by Gasteiger charge is 2.35. The summed E-state index contributed by atoms with van der Waals surface area (Å²) in [4.78, 5) is 13.5. The van der Waals surface area contributed by atoms with E-state index in [2.05, 4.69) is 25.9 Å². The minimum absolute atomic E-state index is 0.118. The van der Waals surface area contributed by atoms with E-state index in [1.54, 1.807) is 0 Å². The average molecular weight is 550 g/mol. The SMILES string of the molecule is CCCCCCCCCC(CCCCCCCCCCC1CC1CCCCCCC(CC)C(=O)O)CN(C)C. The normalized spacial score (nSPS) is 18.5. The second-order valence-corrected chi connectivity index (χ2v) is 13.6. The van der Waals surface area contributed by atoms with Crippen molar-refractivity contribution in [2.45, 2.75) is 181 Å². The highest BCUT2D eigenvalue weighted by Crippen LogP contribution is 2.45. The van der Waals surface area contributed by atoms with Crippen LogP contribution in [0.3, 0.4) is 0 Å². The fourth-order valence-corrected chi connectivity index (χ4v) is 6.80. The molecule has 3 heteroatoms. The van der Waals surface area contributed by atoms with E-state index < -0.39 is 5.97 Å². The summed E-state index contributed by atoms with van der Waals surface area (Å²) in [7, 11) is 4.50. The topological polar surface area (TPSA) is 40.5 Å². The molecular weight excluding hydrogens is 478 g/mol. The molecule has 0 aromatic heterocycles. The Balaban J connectivity index is 1.88. The van der Waals surface area contributed by atoms with E-state index >= 15 is 0 Å². The first-order chi connectivity index (χ1) is 19.0. The zero-order valence-corrected chi connectivity index (χ0v) is 27.2. The second kappa shape index (κ2) is 25.2. The lowest BCUT2D eigenvalue weighted by Gasteiger charge is -2.21. The van der Waals surface area contributed by atoms with Gasteiger partial charge >= 0.3 is 5.97 Å². The molecule has 1 aliphatic carbocycles. The summed E-state index contributed by atoms with van der Waals surface area (Å²) in [6, 6.07) is 0. The molecule has 0 spiro atoms. The highest BCUT2D eigenvalue weighted by atomic mass is 16.4. The third-order valence-corrected chi connectivity index (χ3v) is 9.57. The van der Waals surface area contributed by atoms with Crippen LogP contribution < -0.4 is 0 Å². The van der Waals surface area contributed by atoms with Crippen molar-refractivity contribution in [3.05, 3.63) is 0 Å². The third-order valence-electron chi connectivity index (χ3n) is 9.57. The van der Waals surface area contributed by atoms with Gasteiger partial charge in [-0.1, -0.05) is 149 Å². The van der Waals surface area contributed by atoms with Gasteiger partial charge in [0, 0.05) is 6.54 Å². The Morgan fingerprint density at radius 3 is 1.46 bits per heavy atom. The fourth-order valence-electron chi connectivity index (χ4n) is 6.80. The predicted molar refractivity (Wildman–Crippen MR) is 172 cm³/mol. The molecule has 1 aliphatic rings. The summed E-state index contributed by atoms with van der Waals surface area (Å²) >= 11 is 0. The van der Waals surface area contributed by atoms with Gasteiger partial charge in [0.25, 0.3) is 0 Å². The molecule has 0 saturated heterocycles. The van der Waals surface area contributed by atoms with Crippen molar-refractivity contribution in [1.82, 2.24) is 4.90 Å². The van der Waals surface area contributed by atoms with Crippen LogP contribution in [0.2, 0.25) is 0 Å². The van der Waals surface area contributed by atoms with Crippen molar-refractivity contribution in [1.29, 1.82) is 0 Å². The van der Waals surface area contributed by atoms with Crippen LogP contribution in [-0.4, -0.2) is 36.6 Å². The van der Waals surface area contributed by atoms with Gasteiger partial charge in [0.2, 0.25) is 0 Å². The van der Waals surface area contributed by atoms with Gasteiger partial charge in [-0.25, -0.2) is 0 Å². The summed E-state index contributed by atoms with van der Waals surface area (Å²) in [6.07, 6.45) is 35.5. The number of carbonyl (C=O) groups is 1. The molecule has 232 valence electrons. The maximum atomic E-state index is 11.1. The molecule has 4 unspecified atom stereocenters. The Morgan fingerprint density at radius 1 is 0.641 bits per heavy atom. The molecule has 0 amide bonds. The van der Waals surface area contributed by atoms with Crippen molar-refractivity contribution >= 4 is 5.97 Å². The summed E-state index contributed by atoms with van der Waals surface area (Å²) < 4.78 is 0. The van der Waals surface area contributed by atoms with E-state index in [-0.39, 0.29) is 5.92 Å². The zero-order valence-electron chi connectivity index (χ0n) is 27.2. The Labute approximate surface area is 245 Å². The first-order valence-electron chi connectivity index (χ1n) is 17.8. The molecule has 0 aromatic rings. The van der Waals surface area contributed by atoms with Crippen molar-refractivity contribution < 1.29 is 9.90 Å². The van der Waals surface area contributed by atoms with Crippen molar-refractivity contribution in [3.63, 3.8) is 0 Å². The van der Waals surface area contributed by atoms with Gasteiger partial charge in [0.1, 0.15) is 0 Å².